The van der Waals surface area contributed by atoms with Crippen LogP contribution in [0, 0.1) is 0 Å². The van der Waals surface area contributed by atoms with Gasteiger partial charge in [-0.05, 0) is 40.9 Å². The summed E-state index contributed by atoms with van der Waals surface area (Å²) in [4.78, 5) is 39.4. The number of amides is 2. The highest BCUT2D eigenvalue weighted by Crippen LogP contribution is 2.12. The van der Waals surface area contributed by atoms with Crippen LogP contribution in [0.25, 0.3) is 0 Å². The highest BCUT2D eigenvalue weighted by atomic mass is 79.9. The smallest absolute Gasteiger partial charge is 0.423 e. The minimum atomic E-state index is -1.64. The lowest BCUT2D eigenvalue weighted by molar-refractivity contribution is 0.0921. The third kappa shape index (κ3) is 8.54. The molecule has 38 heavy (non-hydrogen) atoms. The number of carbonyl (C=O) groups excluding carboxylic acids is 2. The number of carbonyl (C=O) groups is 2. The van der Waals surface area contributed by atoms with Crippen molar-refractivity contribution in [1.29, 1.82) is 0 Å². The Morgan fingerprint density at radius 1 is 0.711 bits per heavy atom. The zero-order chi connectivity index (χ0) is 27.5. The first-order valence-corrected chi connectivity index (χ1v) is 12.4. The maximum Gasteiger partial charge on any atom is 0.491 e. The SMILES string of the molecule is C[C@@H](NC(=O)c1ncc(B(O)O)cn1)c1ccccc1.C[C@@H](NC(=O)c1ncc(Br)cn1)c1ccccc1. The molecule has 12 heteroatoms. The lowest BCUT2D eigenvalue weighted by Crippen LogP contribution is -2.33. The second kappa shape index (κ2) is 14.1. The van der Waals surface area contributed by atoms with Crippen LogP contribution < -0.4 is 16.1 Å². The number of benzene rings is 2. The zero-order valence-corrected chi connectivity index (χ0v) is 22.3. The molecule has 4 aromatic rings. The zero-order valence-electron chi connectivity index (χ0n) is 20.7. The molecule has 0 radical (unpaired) electrons. The summed E-state index contributed by atoms with van der Waals surface area (Å²) in [5, 5.41) is 23.5. The fraction of sp³-hybridized carbons (Fsp3) is 0.154. The fourth-order valence-corrected chi connectivity index (χ4v) is 3.40. The third-order valence-electron chi connectivity index (χ3n) is 5.29. The van der Waals surface area contributed by atoms with Crippen LogP contribution in [-0.4, -0.2) is 48.9 Å². The summed E-state index contributed by atoms with van der Waals surface area (Å²) < 4.78 is 0.746. The first-order valence-electron chi connectivity index (χ1n) is 11.6. The van der Waals surface area contributed by atoms with E-state index in [-0.39, 0.29) is 35.1 Å². The van der Waals surface area contributed by atoms with Crippen molar-refractivity contribution < 1.29 is 19.6 Å². The largest absolute Gasteiger partial charge is 0.491 e. The standard InChI is InChI=1S/C13H14BN3O3.C13H12BrN3O/c1-9(10-5-3-2-4-6-10)17-13(18)12-15-7-11(8-16-12)14(19)20;1-9(10-5-3-2-4-6-10)17-13(18)12-15-7-11(14)8-16-12/h2-9,19-20H,1H3,(H,17,18);2-9H,1H3,(H,17,18)/t2*9-/m11/s1. The first kappa shape index (κ1) is 28.6. The molecule has 0 bridgehead atoms. The topological polar surface area (TPSA) is 150 Å². The van der Waals surface area contributed by atoms with Gasteiger partial charge in [0.25, 0.3) is 11.8 Å². The number of nitrogens with zero attached hydrogens (tertiary/aromatic N) is 4. The molecule has 2 aromatic heterocycles. The van der Waals surface area contributed by atoms with Gasteiger partial charge in [0.1, 0.15) is 0 Å². The predicted molar refractivity (Wildman–Crippen MR) is 146 cm³/mol. The van der Waals surface area contributed by atoms with Crippen molar-refractivity contribution in [2.45, 2.75) is 25.9 Å². The normalized spacial score (nSPS) is 11.8. The molecule has 0 aliphatic rings. The van der Waals surface area contributed by atoms with Gasteiger partial charge in [0, 0.05) is 30.3 Å². The maximum atomic E-state index is 11.9. The molecule has 0 aliphatic carbocycles. The summed E-state index contributed by atoms with van der Waals surface area (Å²) >= 11 is 3.23. The van der Waals surface area contributed by atoms with Gasteiger partial charge in [-0.2, -0.15) is 0 Å². The Bertz CT molecular complexity index is 1310. The van der Waals surface area contributed by atoms with Gasteiger partial charge in [0.15, 0.2) is 0 Å². The lowest BCUT2D eigenvalue weighted by Gasteiger charge is -2.13. The van der Waals surface area contributed by atoms with Gasteiger partial charge in [-0.15, -0.1) is 0 Å². The lowest BCUT2D eigenvalue weighted by atomic mass is 9.83. The number of halogens is 1. The molecule has 194 valence electrons. The molecule has 2 atom stereocenters. The molecule has 0 spiro atoms. The average molecular weight is 577 g/mol. The van der Waals surface area contributed by atoms with Crippen LogP contribution in [0.15, 0.2) is 89.9 Å². The Hall–Kier alpha value is -4.00. The van der Waals surface area contributed by atoms with Gasteiger partial charge in [-0.3, -0.25) is 9.59 Å². The molecular weight excluding hydrogens is 551 g/mol. The van der Waals surface area contributed by atoms with E-state index >= 15 is 0 Å². The minimum absolute atomic E-state index is 0.0165. The van der Waals surface area contributed by atoms with Crippen molar-refractivity contribution in [2.75, 3.05) is 0 Å². The van der Waals surface area contributed by atoms with E-state index < -0.39 is 13.0 Å². The summed E-state index contributed by atoms with van der Waals surface area (Å²) in [5.74, 6) is -0.544. The molecule has 4 N–H and O–H groups in total. The monoisotopic (exact) mass is 576 g/mol. The van der Waals surface area contributed by atoms with Crippen LogP contribution in [-0.2, 0) is 0 Å². The highest BCUT2D eigenvalue weighted by molar-refractivity contribution is 9.10. The van der Waals surface area contributed by atoms with Crippen molar-refractivity contribution in [3.63, 3.8) is 0 Å². The Balaban J connectivity index is 0.000000212. The van der Waals surface area contributed by atoms with Gasteiger partial charge < -0.3 is 20.7 Å². The molecule has 2 aromatic carbocycles. The Morgan fingerprint density at radius 3 is 1.45 bits per heavy atom. The Kier molecular flexibility index (Phi) is 10.6. The molecule has 4 rings (SSSR count). The van der Waals surface area contributed by atoms with Crippen molar-refractivity contribution >= 4 is 40.3 Å². The summed E-state index contributed by atoms with van der Waals surface area (Å²) in [7, 11) is -1.64. The second-order valence-corrected chi connectivity index (χ2v) is 9.07. The molecule has 0 fully saturated rings. The van der Waals surface area contributed by atoms with Crippen molar-refractivity contribution in [1.82, 2.24) is 30.6 Å². The van der Waals surface area contributed by atoms with Crippen LogP contribution in [0.3, 0.4) is 0 Å². The van der Waals surface area contributed by atoms with Crippen LogP contribution in [0.2, 0.25) is 0 Å². The predicted octanol–water partition coefficient (Wildman–Crippen LogP) is 2.38. The van der Waals surface area contributed by atoms with Gasteiger partial charge in [-0.25, -0.2) is 19.9 Å². The van der Waals surface area contributed by atoms with Crippen molar-refractivity contribution in [3.05, 3.63) is 113 Å². The number of nitrogens with one attached hydrogen (secondary N) is 2. The fourth-order valence-electron chi connectivity index (χ4n) is 3.19. The van der Waals surface area contributed by atoms with Crippen molar-refractivity contribution in [2.24, 2.45) is 0 Å². The molecule has 0 unspecified atom stereocenters. The van der Waals surface area contributed by atoms with Crippen LogP contribution >= 0.6 is 15.9 Å². The second-order valence-electron chi connectivity index (χ2n) is 8.15. The quantitative estimate of drug-likeness (QED) is 0.245. The third-order valence-corrected chi connectivity index (χ3v) is 5.70. The van der Waals surface area contributed by atoms with Gasteiger partial charge in [-0.1, -0.05) is 60.7 Å². The van der Waals surface area contributed by atoms with E-state index in [4.69, 9.17) is 10.0 Å². The Labute approximate surface area is 228 Å². The van der Waals surface area contributed by atoms with E-state index in [1.807, 2.05) is 74.5 Å². The van der Waals surface area contributed by atoms with E-state index in [0.29, 0.717) is 0 Å². The van der Waals surface area contributed by atoms with E-state index in [1.54, 1.807) is 12.4 Å². The minimum Gasteiger partial charge on any atom is -0.423 e. The van der Waals surface area contributed by atoms with Gasteiger partial charge in [0.2, 0.25) is 11.6 Å². The van der Waals surface area contributed by atoms with E-state index in [9.17, 15) is 9.59 Å². The van der Waals surface area contributed by atoms with Crippen LogP contribution in [0.5, 0.6) is 0 Å². The number of rotatable bonds is 7. The van der Waals surface area contributed by atoms with Gasteiger partial charge in [0.05, 0.1) is 16.6 Å². The first-order chi connectivity index (χ1) is 18.2. The van der Waals surface area contributed by atoms with E-state index in [1.165, 1.54) is 12.4 Å². The summed E-state index contributed by atoms with van der Waals surface area (Å²) in [6.45, 7) is 3.78. The molecule has 10 nitrogen and oxygen atoms in total. The highest BCUT2D eigenvalue weighted by Gasteiger charge is 2.17. The number of hydrogen-bond donors (Lipinski definition) is 4. The van der Waals surface area contributed by atoms with Crippen molar-refractivity contribution in [3.8, 4) is 0 Å². The molecule has 0 aliphatic heterocycles. The van der Waals surface area contributed by atoms with Gasteiger partial charge >= 0.3 is 7.12 Å². The summed E-state index contributed by atoms with van der Waals surface area (Å²) in [6.07, 6.45) is 5.52. The molecule has 2 amide bonds. The number of hydrogen-bond acceptors (Lipinski definition) is 8. The molecule has 0 saturated heterocycles. The summed E-state index contributed by atoms with van der Waals surface area (Å²) in [5.41, 5.74) is 2.16. The molecule has 2 heterocycles. The maximum absolute atomic E-state index is 11.9. The Morgan fingerprint density at radius 2 is 1.08 bits per heavy atom. The summed E-state index contributed by atoms with van der Waals surface area (Å²) in [6, 6.07) is 19.0. The average Bonchev–Trinajstić information content (AvgIpc) is 2.94. The van der Waals surface area contributed by atoms with E-state index in [0.717, 1.165) is 15.6 Å². The van der Waals surface area contributed by atoms with Crippen LogP contribution in [0.1, 0.15) is 58.3 Å². The molecular formula is C26H26BBrN6O4. The van der Waals surface area contributed by atoms with Crippen LogP contribution in [0.4, 0.5) is 0 Å². The number of aromatic nitrogens is 4. The molecule has 0 saturated carbocycles. The van der Waals surface area contributed by atoms with E-state index in [2.05, 4.69) is 46.5 Å².